The van der Waals surface area contributed by atoms with Crippen molar-refractivity contribution in [2.75, 3.05) is 24.5 Å². The van der Waals surface area contributed by atoms with E-state index in [-0.39, 0.29) is 30.7 Å². The molecule has 0 N–H and O–H groups in total. The molecular formula is C11H15ClN4O3S. The Morgan fingerprint density at radius 3 is 2.65 bits per heavy atom. The summed E-state index contributed by atoms with van der Waals surface area (Å²) in [5.74, 6) is 0.0619. The lowest BCUT2D eigenvalue weighted by molar-refractivity contribution is -0.120. The van der Waals surface area contributed by atoms with E-state index in [1.165, 1.54) is 21.6 Å². The smallest absolute Gasteiger partial charge is 0.246 e. The van der Waals surface area contributed by atoms with Gasteiger partial charge >= 0.3 is 0 Å². The summed E-state index contributed by atoms with van der Waals surface area (Å²) in [7, 11) is -3.42. The van der Waals surface area contributed by atoms with E-state index in [0.29, 0.717) is 5.82 Å². The minimum Gasteiger partial charge on any atom is -0.597 e. The van der Waals surface area contributed by atoms with Gasteiger partial charge in [-0.05, 0) is 13.8 Å². The third kappa shape index (κ3) is 2.98. The zero-order chi connectivity index (χ0) is 14.9. The quantitative estimate of drug-likeness (QED) is 0.605. The van der Waals surface area contributed by atoms with Gasteiger partial charge in [0.15, 0.2) is 0 Å². The van der Waals surface area contributed by atoms with Crippen LogP contribution in [0, 0.1) is 0 Å². The number of amides is 1. The van der Waals surface area contributed by atoms with Gasteiger partial charge in [-0.25, -0.2) is 9.97 Å². The van der Waals surface area contributed by atoms with Gasteiger partial charge in [0.1, 0.15) is 39.5 Å². The van der Waals surface area contributed by atoms with Crippen molar-refractivity contribution in [2.24, 2.45) is 0 Å². The maximum absolute atomic E-state index is 12.1. The van der Waals surface area contributed by atoms with Crippen molar-refractivity contribution in [1.82, 2.24) is 14.3 Å². The standard InChI is InChI=1S/C11H15ClN4O3S/c1-8(2)20(18,19)15-3-4-16(11(17)6-15)10-5-9(12)13-7-14-10/h5,7-8H,3-4,6H2,1-2H3. The Morgan fingerprint density at radius 2 is 2.10 bits per heavy atom. The third-order valence-electron chi connectivity index (χ3n) is 3.04. The number of carbonyl (C=O) groups is 1. The number of aromatic nitrogens is 2. The lowest BCUT2D eigenvalue weighted by Gasteiger charge is -2.36. The molecule has 1 atom stereocenters. The molecular weight excluding hydrogens is 304 g/mol. The third-order valence-corrected chi connectivity index (χ3v) is 5.47. The minimum absolute atomic E-state index is 0.178. The Hall–Kier alpha value is -1.09. The van der Waals surface area contributed by atoms with Crippen LogP contribution in [-0.4, -0.2) is 49.6 Å². The van der Waals surface area contributed by atoms with Crippen LogP contribution in [0.3, 0.4) is 0 Å². The summed E-state index contributed by atoms with van der Waals surface area (Å²) in [6, 6.07) is 1.48. The van der Waals surface area contributed by atoms with Crippen LogP contribution in [0.25, 0.3) is 0 Å². The molecule has 0 radical (unpaired) electrons. The molecule has 0 spiro atoms. The fraction of sp³-hybridized carbons (Fsp3) is 0.545. The SMILES string of the molecule is CC(C)[S+](=O)([O-])N1CCN(c2cc(Cl)ncn2)C(=O)C1. The number of sulfonamides is 1. The van der Waals surface area contributed by atoms with Crippen LogP contribution < -0.4 is 4.90 Å². The number of carbonyl (C=O) groups excluding carboxylic acids is 1. The van der Waals surface area contributed by atoms with E-state index in [0.717, 1.165) is 0 Å². The largest absolute Gasteiger partial charge is 0.597 e. The molecule has 1 aromatic heterocycles. The van der Waals surface area contributed by atoms with E-state index < -0.39 is 15.6 Å². The van der Waals surface area contributed by atoms with Gasteiger partial charge in [0.25, 0.3) is 0 Å². The summed E-state index contributed by atoms with van der Waals surface area (Å²) in [6.07, 6.45) is 1.27. The van der Waals surface area contributed by atoms with Crippen LogP contribution in [0.15, 0.2) is 12.4 Å². The maximum Gasteiger partial charge on any atom is 0.246 e. The topological polar surface area (TPSA) is 89.5 Å². The maximum atomic E-state index is 12.1. The molecule has 9 heteroatoms. The molecule has 1 aliphatic rings. The molecule has 1 aliphatic heterocycles. The summed E-state index contributed by atoms with van der Waals surface area (Å²) in [6.45, 7) is 3.50. The molecule has 0 aromatic carbocycles. The number of rotatable bonds is 3. The first-order valence-electron chi connectivity index (χ1n) is 6.09. The molecule has 0 aliphatic carbocycles. The van der Waals surface area contributed by atoms with Gasteiger partial charge in [0, 0.05) is 12.6 Å². The average Bonchev–Trinajstić information content (AvgIpc) is 2.38. The molecule has 7 nitrogen and oxygen atoms in total. The van der Waals surface area contributed by atoms with Crippen molar-refractivity contribution in [3.05, 3.63) is 17.5 Å². The first-order valence-corrected chi connectivity index (χ1v) is 7.97. The Kier molecular flexibility index (Phi) is 4.38. The highest BCUT2D eigenvalue weighted by molar-refractivity contribution is 7.96. The van der Waals surface area contributed by atoms with Gasteiger partial charge in [-0.3, -0.25) is 9.69 Å². The lowest BCUT2D eigenvalue weighted by Crippen LogP contribution is -2.56. The van der Waals surface area contributed by atoms with E-state index >= 15 is 0 Å². The molecule has 2 heterocycles. The van der Waals surface area contributed by atoms with E-state index in [1.807, 2.05) is 0 Å². The highest BCUT2D eigenvalue weighted by Gasteiger charge is 2.38. The fourth-order valence-electron chi connectivity index (χ4n) is 1.88. The van der Waals surface area contributed by atoms with Crippen molar-refractivity contribution in [1.29, 1.82) is 0 Å². The van der Waals surface area contributed by atoms with Gasteiger partial charge in [-0.1, -0.05) is 15.8 Å². The number of hydrogen-bond acceptors (Lipinski definition) is 5. The molecule has 110 valence electrons. The van der Waals surface area contributed by atoms with E-state index in [1.54, 1.807) is 13.8 Å². The number of anilines is 1. The van der Waals surface area contributed by atoms with Gasteiger partial charge in [0.05, 0.1) is 6.54 Å². The molecule has 2 rings (SSSR count). The minimum atomic E-state index is -3.42. The predicted molar refractivity (Wildman–Crippen MR) is 74.9 cm³/mol. The molecule has 20 heavy (non-hydrogen) atoms. The first-order chi connectivity index (χ1) is 9.32. The van der Waals surface area contributed by atoms with Crippen molar-refractivity contribution < 1.29 is 13.6 Å². The molecule has 0 bridgehead atoms. The number of piperazine rings is 1. The van der Waals surface area contributed by atoms with Crippen LogP contribution in [0.4, 0.5) is 5.82 Å². The van der Waals surface area contributed by atoms with E-state index in [4.69, 9.17) is 11.6 Å². The Balaban J connectivity index is 2.14. The Labute approximate surface area is 123 Å². The average molecular weight is 319 g/mol. The van der Waals surface area contributed by atoms with Crippen molar-refractivity contribution in [3.63, 3.8) is 0 Å². The van der Waals surface area contributed by atoms with Gasteiger partial charge in [0.2, 0.25) is 5.91 Å². The van der Waals surface area contributed by atoms with Crippen LogP contribution in [0.5, 0.6) is 0 Å². The van der Waals surface area contributed by atoms with E-state index in [9.17, 15) is 13.6 Å². The molecule has 0 saturated carbocycles. The lowest BCUT2D eigenvalue weighted by atomic mass is 10.3. The molecule has 1 amide bonds. The van der Waals surface area contributed by atoms with Gasteiger partial charge in [-0.2, -0.15) is 0 Å². The Bertz CT molecular complexity index is 568. The number of halogens is 1. The summed E-state index contributed by atoms with van der Waals surface area (Å²) in [4.78, 5) is 21.2. The monoisotopic (exact) mass is 318 g/mol. The number of hydrogen-bond donors (Lipinski definition) is 0. The second kappa shape index (κ2) is 5.72. The second-order valence-corrected chi connectivity index (χ2v) is 7.55. The van der Waals surface area contributed by atoms with E-state index in [2.05, 4.69) is 9.97 Å². The van der Waals surface area contributed by atoms with Crippen LogP contribution in [0.1, 0.15) is 13.8 Å². The van der Waals surface area contributed by atoms with Gasteiger partial charge < -0.3 is 4.55 Å². The zero-order valence-corrected chi connectivity index (χ0v) is 12.7. The molecule has 1 unspecified atom stereocenters. The molecule has 1 aromatic rings. The summed E-state index contributed by atoms with van der Waals surface area (Å²) >= 11 is 5.76. The number of nitrogens with zero attached hydrogens (tertiary/aromatic N) is 4. The molecule has 1 fully saturated rings. The fourth-order valence-corrected chi connectivity index (χ4v) is 3.25. The second-order valence-electron chi connectivity index (χ2n) is 4.67. The zero-order valence-electron chi connectivity index (χ0n) is 11.2. The normalized spacial score (nSPS) is 20.2. The summed E-state index contributed by atoms with van der Waals surface area (Å²) in [5.41, 5.74) is 0. The van der Waals surface area contributed by atoms with Crippen molar-refractivity contribution in [3.8, 4) is 0 Å². The highest BCUT2D eigenvalue weighted by Crippen LogP contribution is 2.21. The van der Waals surface area contributed by atoms with Gasteiger partial charge in [-0.15, -0.1) is 4.31 Å². The van der Waals surface area contributed by atoms with Crippen LogP contribution in [-0.2, 0) is 19.4 Å². The predicted octanol–water partition coefficient (Wildman–Crippen LogP) is 0.732. The first kappa shape index (κ1) is 15.3. The van der Waals surface area contributed by atoms with Crippen LogP contribution in [0.2, 0.25) is 5.15 Å². The highest BCUT2D eigenvalue weighted by atomic mass is 35.5. The van der Waals surface area contributed by atoms with Crippen molar-refractivity contribution >= 4 is 33.7 Å². The van der Waals surface area contributed by atoms with Crippen LogP contribution >= 0.6 is 11.6 Å². The summed E-state index contributed by atoms with van der Waals surface area (Å²) in [5, 5.41) is -0.310. The molecule has 1 saturated heterocycles. The summed E-state index contributed by atoms with van der Waals surface area (Å²) < 4.78 is 25.3. The Morgan fingerprint density at radius 1 is 1.40 bits per heavy atom. The van der Waals surface area contributed by atoms with Crippen molar-refractivity contribution in [2.45, 2.75) is 19.1 Å².